The molecule has 1 aliphatic rings. The Morgan fingerprint density at radius 1 is 0.810 bits per heavy atom. The molecule has 1 atom stereocenters. The Morgan fingerprint density at radius 2 is 1.36 bits per heavy atom. The first-order valence-corrected chi connectivity index (χ1v) is 13.7. The van der Waals surface area contributed by atoms with Crippen molar-refractivity contribution in [3.8, 4) is 11.5 Å². The van der Waals surface area contributed by atoms with E-state index in [0.29, 0.717) is 29.5 Å². The standard InChI is InChI=1S/C32H34N2O7.FH/c1-21(2)39-32(38)26(34-29(35)23-15-17-33-18-16-23)19-22-13-14-27(40-30(36)24-9-5-3-6-10-24)28(20-22)41-31(37)25-11-7-4-8-12-25;/h3-14,20-21,23,26,33H,15-19H2,1-2H3,(H,34,35);1H/t26-;/m0./s1. The monoisotopic (exact) mass is 578 g/mol. The van der Waals surface area contributed by atoms with Crippen LogP contribution in [-0.2, 0) is 20.7 Å². The summed E-state index contributed by atoms with van der Waals surface area (Å²) in [5.74, 6) is -2.20. The van der Waals surface area contributed by atoms with E-state index in [0.717, 1.165) is 13.1 Å². The summed E-state index contributed by atoms with van der Waals surface area (Å²) < 4.78 is 16.7. The number of carbonyl (C=O) groups is 4. The lowest BCUT2D eigenvalue weighted by molar-refractivity contribution is -0.151. The van der Waals surface area contributed by atoms with E-state index in [1.807, 2.05) is 0 Å². The average molecular weight is 579 g/mol. The van der Waals surface area contributed by atoms with Gasteiger partial charge in [0, 0.05) is 12.3 Å². The number of benzene rings is 3. The first-order chi connectivity index (χ1) is 19.8. The molecule has 1 amide bonds. The molecule has 0 aliphatic carbocycles. The Morgan fingerprint density at radius 3 is 1.90 bits per heavy atom. The maximum Gasteiger partial charge on any atom is 0.343 e. The molecule has 2 N–H and O–H groups in total. The van der Waals surface area contributed by atoms with Crippen molar-refractivity contribution in [1.82, 2.24) is 10.6 Å². The molecule has 1 aliphatic heterocycles. The van der Waals surface area contributed by atoms with Crippen molar-refractivity contribution in [2.75, 3.05) is 13.1 Å². The van der Waals surface area contributed by atoms with Crippen LogP contribution in [-0.4, -0.2) is 49.1 Å². The van der Waals surface area contributed by atoms with Crippen LogP contribution >= 0.6 is 0 Å². The fourth-order valence-electron chi connectivity index (χ4n) is 4.43. The van der Waals surface area contributed by atoms with Crippen LogP contribution in [0.25, 0.3) is 0 Å². The van der Waals surface area contributed by atoms with Gasteiger partial charge < -0.3 is 24.8 Å². The van der Waals surface area contributed by atoms with Gasteiger partial charge in [-0.25, -0.2) is 14.4 Å². The molecule has 0 aromatic heterocycles. The zero-order chi connectivity index (χ0) is 29.2. The zero-order valence-electron chi connectivity index (χ0n) is 23.5. The predicted octanol–water partition coefficient (Wildman–Crippen LogP) is 4.26. The van der Waals surface area contributed by atoms with E-state index >= 15 is 0 Å². The van der Waals surface area contributed by atoms with Crippen molar-refractivity contribution in [3.63, 3.8) is 0 Å². The summed E-state index contributed by atoms with van der Waals surface area (Å²) in [5, 5.41) is 6.09. The first kappa shape index (κ1) is 32.0. The highest BCUT2D eigenvalue weighted by atomic mass is 19.0. The Balaban J connectivity index is 0.00000484. The normalized spacial score (nSPS) is 13.8. The second-order valence-corrected chi connectivity index (χ2v) is 10.1. The van der Waals surface area contributed by atoms with Crippen molar-refractivity contribution in [1.29, 1.82) is 0 Å². The summed E-state index contributed by atoms with van der Waals surface area (Å²) in [6.45, 7) is 4.94. The highest BCUT2D eigenvalue weighted by Gasteiger charge is 2.29. The maximum atomic E-state index is 13.0. The third kappa shape index (κ3) is 8.97. The van der Waals surface area contributed by atoms with Crippen molar-refractivity contribution in [2.45, 2.75) is 45.3 Å². The first-order valence-electron chi connectivity index (χ1n) is 13.7. The zero-order valence-corrected chi connectivity index (χ0v) is 23.5. The quantitative estimate of drug-likeness (QED) is 0.271. The molecule has 3 aromatic carbocycles. The Labute approximate surface area is 243 Å². The molecule has 42 heavy (non-hydrogen) atoms. The minimum absolute atomic E-state index is 0. The minimum atomic E-state index is -0.963. The Kier molecular flexibility index (Phi) is 11.7. The number of amides is 1. The molecule has 0 spiro atoms. The summed E-state index contributed by atoms with van der Waals surface area (Å²) in [6.07, 6.45) is 1.06. The van der Waals surface area contributed by atoms with Gasteiger partial charge in [0.25, 0.3) is 0 Å². The van der Waals surface area contributed by atoms with Gasteiger partial charge in [-0.2, -0.15) is 0 Å². The van der Waals surface area contributed by atoms with Gasteiger partial charge in [0.15, 0.2) is 11.5 Å². The number of ether oxygens (including phenoxy) is 3. The molecular weight excluding hydrogens is 543 g/mol. The Hall–Kier alpha value is -4.57. The third-order valence-electron chi connectivity index (χ3n) is 6.54. The number of hydrogen-bond donors (Lipinski definition) is 2. The molecule has 4 rings (SSSR count). The number of halogens is 1. The lowest BCUT2D eigenvalue weighted by atomic mass is 9.96. The molecule has 0 saturated carbocycles. The van der Waals surface area contributed by atoms with E-state index in [-0.39, 0.29) is 40.6 Å². The van der Waals surface area contributed by atoms with Gasteiger partial charge in [-0.05, 0) is 81.7 Å². The topological polar surface area (TPSA) is 120 Å². The molecule has 0 radical (unpaired) electrons. The molecule has 1 heterocycles. The summed E-state index contributed by atoms with van der Waals surface area (Å²) in [6, 6.07) is 20.6. The van der Waals surface area contributed by atoms with Crippen LogP contribution in [0.5, 0.6) is 11.5 Å². The van der Waals surface area contributed by atoms with Gasteiger partial charge in [0.1, 0.15) is 6.04 Å². The number of carbonyl (C=O) groups excluding carboxylic acids is 4. The number of hydrogen-bond acceptors (Lipinski definition) is 8. The lowest BCUT2D eigenvalue weighted by Crippen LogP contribution is -2.48. The van der Waals surface area contributed by atoms with Crippen LogP contribution in [0.15, 0.2) is 78.9 Å². The molecule has 10 heteroatoms. The van der Waals surface area contributed by atoms with Gasteiger partial charge in [0.2, 0.25) is 5.91 Å². The molecule has 1 fully saturated rings. The number of rotatable bonds is 10. The smallest absolute Gasteiger partial charge is 0.343 e. The van der Waals surface area contributed by atoms with Gasteiger partial charge in [-0.15, -0.1) is 0 Å². The van der Waals surface area contributed by atoms with Gasteiger partial charge >= 0.3 is 17.9 Å². The van der Waals surface area contributed by atoms with E-state index in [4.69, 9.17) is 14.2 Å². The third-order valence-corrected chi connectivity index (χ3v) is 6.54. The van der Waals surface area contributed by atoms with Crippen LogP contribution in [0.2, 0.25) is 0 Å². The maximum absolute atomic E-state index is 13.0. The minimum Gasteiger partial charge on any atom is -0.461 e. The van der Waals surface area contributed by atoms with Crippen LogP contribution in [0, 0.1) is 5.92 Å². The fraction of sp³-hybridized carbons (Fsp3) is 0.312. The highest BCUT2D eigenvalue weighted by molar-refractivity contribution is 5.93. The number of esters is 3. The van der Waals surface area contributed by atoms with E-state index < -0.39 is 23.9 Å². The van der Waals surface area contributed by atoms with E-state index in [9.17, 15) is 19.2 Å². The fourth-order valence-corrected chi connectivity index (χ4v) is 4.43. The molecule has 3 aromatic rings. The molecular formula is C32H35FN2O7. The van der Waals surface area contributed by atoms with Crippen LogP contribution < -0.4 is 20.1 Å². The summed E-state index contributed by atoms with van der Waals surface area (Å²) in [5.41, 5.74) is 1.21. The van der Waals surface area contributed by atoms with Crippen LogP contribution in [0.3, 0.4) is 0 Å². The van der Waals surface area contributed by atoms with Crippen LogP contribution in [0.4, 0.5) is 4.70 Å². The molecule has 0 unspecified atom stereocenters. The lowest BCUT2D eigenvalue weighted by Gasteiger charge is -2.25. The Bertz CT molecular complexity index is 1360. The van der Waals surface area contributed by atoms with Crippen molar-refractivity contribution in [2.24, 2.45) is 5.92 Å². The number of piperidine rings is 1. The summed E-state index contributed by atoms with van der Waals surface area (Å²) in [4.78, 5) is 51.7. The van der Waals surface area contributed by atoms with Gasteiger partial charge in [-0.1, -0.05) is 42.5 Å². The summed E-state index contributed by atoms with van der Waals surface area (Å²) in [7, 11) is 0. The van der Waals surface area contributed by atoms with Crippen molar-refractivity contribution >= 4 is 23.8 Å². The van der Waals surface area contributed by atoms with Gasteiger partial charge in [0.05, 0.1) is 17.2 Å². The van der Waals surface area contributed by atoms with E-state index in [1.54, 1.807) is 80.6 Å². The largest absolute Gasteiger partial charge is 0.461 e. The molecule has 222 valence electrons. The predicted molar refractivity (Wildman–Crippen MR) is 154 cm³/mol. The number of nitrogens with one attached hydrogen (secondary N) is 2. The average Bonchev–Trinajstić information content (AvgIpc) is 2.99. The molecule has 9 nitrogen and oxygen atoms in total. The van der Waals surface area contributed by atoms with Gasteiger partial charge in [-0.3, -0.25) is 9.50 Å². The van der Waals surface area contributed by atoms with Crippen molar-refractivity contribution in [3.05, 3.63) is 95.6 Å². The second kappa shape index (κ2) is 15.4. The second-order valence-electron chi connectivity index (χ2n) is 10.1. The SMILES string of the molecule is CC(C)OC(=O)[C@H](Cc1ccc(OC(=O)c2ccccc2)c(OC(=O)c2ccccc2)c1)NC(=O)C1CCNCC1.F. The van der Waals surface area contributed by atoms with E-state index in [1.165, 1.54) is 12.1 Å². The van der Waals surface area contributed by atoms with E-state index in [2.05, 4.69) is 10.6 Å². The summed E-state index contributed by atoms with van der Waals surface area (Å²) >= 11 is 0. The molecule has 1 saturated heterocycles. The molecule has 0 bridgehead atoms. The van der Waals surface area contributed by atoms with Crippen molar-refractivity contribution < 1.29 is 38.1 Å². The van der Waals surface area contributed by atoms with Crippen LogP contribution in [0.1, 0.15) is 53.0 Å². The highest BCUT2D eigenvalue weighted by Crippen LogP contribution is 2.31.